The molecule has 1 aliphatic rings. The van der Waals surface area contributed by atoms with E-state index in [0.717, 1.165) is 31.1 Å². The molecule has 6 N–H and O–H groups in total. The number of phenols is 1. The molecule has 4 rings (SSSR count). The van der Waals surface area contributed by atoms with Crippen molar-refractivity contribution >= 4 is 39.5 Å². The van der Waals surface area contributed by atoms with Crippen molar-refractivity contribution in [1.29, 1.82) is 0 Å². The van der Waals surface area contributed by atoms with Gasteiger partial charge in [-0.1, -0.05) is 30.3 Å². The Balaban J connectivity index is 0.00000420. The number of aliphatic hydroxyl groups is 1. The SMILES string of the molecule is CS(=O)(=O)c1c(O)ccc([C@@H](O)CNC2CCCc3ccc(OCC(=O)Nc4ccccc4)cc3C2)c1N.Cl. The summed E-state index contributed by atoms with van der Waals surface area (Å²) in [5.74, 6) is -0.0742. The van der Waals surface area contributed by atoms with Crippen LogP contribution >= 0.6 is 12.4 Å². The molecule has 3 aromatic carbocycles. The second-order valence-electron chi connectivity index (χ2n) is 9.54. The fourth-order valence-electron chi connectivity index (χ4n) is 4.75. The number of nitrogen functional groups attached to an aromatic ring is 1. The zero-order chi connectivity index (χ0) is 27.3. The van der Waals surface area contributed by atoms with E-state index in [4.69, 9.17) is 10.5 Å². The number of hydrogen-bond donors (Lipinski definition) is 5. The largest absolute Gasteiger partial charge is 0.507 e. The number of nitrogens with one attached hydrogen (secondary N) is 2. The van der Waals surface area contributed by atoms with Gasteiger partial charge >= 0.3 is 0 Å². The minimum Gasteiger partial charge on any atom is -0.507 e. The molecule has 0 heterocycles. The first-order valence-electron chi connectivity index (χ1n) is 12.4. The lowest BCUT2D eigenvalue weighted by Gasteiger charge is -2.21. The van der Waals surface area contributed by atoms with Crippen LogP contribution in [0.5, 0.6) is 11.5 Å². The van der Waals surface area contributed by atoms with Crippen molar-refractivity contribution in [1.82, 2.24) is 5.32 Å². The Morgan fingerprint density at radius 3 is 2.59 bits per heavy atom. The number of ether oxygens (including phenoxy) is 1. The summed E-state index contributed by atoms with van der Waals surface area (Å²) in [7, 11) is -3.77. The Morgan fingerprint density at radius 1 is 1.13 bits per heavy atom. The highest BCUT2D eigenvalue weighted by atomic mass is 35.5. The molecule has 2 atom stereocenters. The Hall–Kier alpha value is -3.31. The molecule has 0 radical (unpaired) electrons. The molecule has 0 saturated carbocycles. The maximum atomic E-state index is 12.2. The first-order chi connectivity index (χ1) is 18.1. The number of hydrogen-bond acceptors (Lipinski definition) is 8. The fourth-order valence-corrected chi connectivity index (χ4v) is 5.71. The Morgan fingerprint density at radius 2 is 1.87 bits per heavy atom. The van der Waals surface area contributed by atoms with Gasteiger partial charge in [0.2, 0.25) is 0 Å². The molecule has 0 aliphatic heterocycles. The Kier molecular flexibility index (Phi) is 10.2. The number of carbonyl (C=O) groups excluding carboxylic acids is 1. The first kappa shape index (κ1) is 30.2. The predicted octanol–water partition coefficient (Wildman–Crippen LogP) is 3.39. The van der Waals surface area contributed by atoms with Crippen LogP contribution in [0.2, 0.25) is 0 Å². The van der Waals surface area contributed by atoms with Crippen LogP contribution in [-0.2, 0) is 27.5 Å². The number of nitrogens with two attached hydrogens (primary N) is 1. The third-order valence-electron chi connectivity index (χ3n) is 6.61. The topological polar surface area (TPSA) is 151 Å². The van der Waals surface area contributed by atoms with Crippen molar-refractivity contribution in [2.75, 3.05) is 30.5 Å². The number of aromatic hydroxyl groups is 1. The van der Waals surface area contributed by atoms with Crippen molar-refractivity contribution in [2.24, 2.45) is 0 Å². The minimum atomic E-state index is -3.77. The Bertz CT molecular complexity index is 1400. The van der Waals surface area contributed by atoms with Gasteiger partial charge < -0.3 is 31.3 Å². The van der Waals surface area contributed by atoms with Gasteiger partial charge in [-0.3, -0.25) is 4.79 Å². The number of carbonyl (C=O) groups is 1. The fraction of sp³-hybridized carbons (Fsp3) is 0.321. The second-order valence-corrected chi connectivity index (χ2v) is 11.5. The molecule has 1 aliphatic carbocycles. The zero-order valence-corrected chi connectivity index (χ0v) is 23.2. The molecule has 11 heteroatoms. The van der Waals surface area contributed by atoms with Crippen LogP contribution in [0.3, 0.4) is 0 Å². The van der Waals surface area contributed by atoms with Crippen LogP contribution in [0.4, 0.5) is 11.4 Å². The highest BCUT2D eigenvalue weighted by Gasteiger charge is 2.24. The van der Waals surface area contributed by atoms with Gasteiger partial charge in [-0.15, -0.1) is 12.4 Å². The van der Waals surface area contributed by atoms with E-state index in [1.165, 1.54) is 17.7 Å². The standard InChI is InChI=1S/C28H33N3O6S.ClH/c1-38(35,36)28-24(32)13-12-23(27(28)29)25(33)16-30-21-9-5-6-18-10-11-22(15-19(18)14-21)37-17-26(34)31-20-7-3-2-4-8-20;/h2-4,7-8,10-13,15,21,25,30,32-33H,5-6,9,14,16-17,29H2,1H3,(H,31,34);1H/t21?,25-;/m0./s1. The summed E-state index contributed by atoms with van der Waals surface area (Å²) in [6.45, 7) is 0.0547. The number of anilines is 2. The van der Waals surface area contributed by atoms with E-state index in [9.17, 15) is 23.4 Å². The van der Waals surface area contributed by atoms with Gasteiger partial charge in [-0.2, -0.15) is 0 Å². The van der Waals surface area contributed by atoms with Gasteiger partial charge in [0.25, 0.3) is 5.91 Å². The normalized spacial score (nSPS) is 15.8. The minimum absolute atomic E-state index is 0. The molecule has 39 heavy (non-hydrogen) atoms. The summed E-state index contributed by atoms with van der Waals surface area (Å²) >= 11 is 0. The average molecular weight is 576 g/mol. The van der Waals surface area contributed by atoms with Gasteiger partial charge in [0, 0.05) is 30.1 Å². The lowest BCUT2D eigenvalue weighted by Crippen LogP contribution is -2.34. The van der Waals surface area contributed by atoms with E-state index in [0.29, 0.717) is 17.9 Å². The van der Waals surface area contributed by atoms with Crippen molar-refractivity contribution in [3.05, 3.63) is 77.4 Å². The van der Waals surface area contributed by atoms with E-state index in [2.05, 4.69) is 10.6 Å². The summed E-state index contributed by atoms with van der Waals surface area (Å²) in [6.07, 6.45) is 3.36. The van der Waals surface area contributed by atoms with Crippen LogP contribution in [0.15, 0.2) is 65.6 Å². The number of sulfone groups is 1. The van der Waals surface area contributed by atoms with Crippen molar-refractivity contribution in [2.45, 2.75) is 42.7 Å². The highest BCUT2D eigenvalue weighted by molar-refractivity contribution is 7.91. The van der Waals surface area contributed by atoms with Crippen molar-refractivity contribution in [3.8, 4) is 11.5 Å². The smallest absolute Gasteiger partial charge is 0.262 e. The number of fused-ring (bicyclic) bond motifs is 1. The van der Waals surface area contributed by atoms with Gasteiger partial charge in [-0.05, 0) is 67.1 Å². The number of benzene rings is 3. The number of para-hydroxylation sites is 1. The number of rotatable bonds is 9. The van der Waals surface area contributed by atoms with Gasteiger partial charge in [0.15, 0.2) is 16.4 Å². The van der Waals surface area contributed by atoms with Crippen LogP contribution in [0, 0.1) is 0 Å². The van der Waals surface area contributed by atoms with E-state index in [-0.39, 0.29) is 53.7 Å². The molecule has 210 valence electrons. The number of halogens is 1. The number of amides is 1. The van der Waals surface area contributed by atoms with Crippen molar-refractivity contribution < 1.29 is 28.2 Å². The lowest BCUT2D eigenvalue weighted by molar-refractivity contribution is -0.118. The van der Waals surface area contributed by atoms with Crippen LogP contribution in [0.1, 0.15) is 35.6 Å². The van der Waals surface area contributed by atoms with E-state index in [1.807, 2.05) is 48.5 Å². The van der Waals surface area contributed by atoms with Gasteiger partial charge in [-0.25, -0.2) is 8.42 Å². The average Bonchev–Trinajstić information content (AvgIpc) is 3.07. The second kappa shape index (κ2) is 13.2. The molecule has 0 aromatic heterocycles. The zero-order valence-electron chi connectivity index (χ0n) is 21.6. The quantitative estimate of drug-likeness (QED) is 0.192. The number of aliphatic hydroxyl groups excluding tert-OH is 1. The monoisotopic (exact) mass is 575 g/mol. The summed E-state index contributed by atoms with van der Waals surface area (Å²) in [4.78, 5) is 11.9. The molecular weight excluding hydrogens is 542 g/mol. The third kappa shape index (κ3) is 7.86. The first-order valence-corrected chi connectivity index (χ1v) is 14.3. The summed E-state index contributed by atoms with van der Waals surface area (Å²) in [6, 6.07) is 17.8. The van der Waals surface area contributed by atoms with Crippen LogP contribution < -0.4 is 21.1 Å². The highest BCUT2D eigenvalue weighted by Crippen LogP contribution is 2.34. The maximum absolute atomic E-state index is 12.2. The number of aryl methyl sites for hydroxylation is 1. The molecular formula is C28H34ClN3O6S. The maximum Gasteiger partial charge on any atom is 0.262 e. The molecule has 0 spiro atoms. The van der Waals surface area contributed by atoms with E-state index < -0.39 is 21.7 Å². The molecule has 3 aromatic rings. The van der Waals surface area contributed by atoms with E-state index in [1.54, 1.807) is 0 Å². The van der Waals surface area contributed by atoms with Gasteiger partial charge in [0.1, 0.15) is 16.4 Å². The van der Waals surface area contributed by atoms with Gasteiger partial charge in [0.05, 0.1) is 11.8 Å². The number of phenolic OH excluding ortho intramolecular Hbond substituents is 1. The van der Waals surface area contributed by atoms with Crippen LogP contribution in [-0.4, -0.2) is 50.0 Å². The predicted molar refractivity (Wildman–Crippen MR) is 153 cm³/mol. The molecule has 9 nitrogen and oxygen atoms in total. The summed E-state index contributed by atoms with van der Waals surface area (Å²) < 4.78 is 29.8. The lowest BCUT2D eigenvalue weighted by atomic mass is 10.0. The molecule has 1 unspecified atom stereocenters. The van der Waals surface area contributed by atoms with Crippen LogP contribution in [0.25, 0.3) is 0 Å². The molecule has 0 fully saturated rings. The third-order valence-corrected chi connectivity index (χ3v) is 7.78. The molecule has 0 saturated heterocycles. The molecule has 1 amide bonds. The molecule has 0 bridgehead atoms. The Labute approximate surface area is 234 Å². The summed E-state index contributed by atoms with van der Waals surface area (Å²) in [5, 5.41) is 26.9. The van der Waals surface area contributed by atoms with Crippen molar-refractivity contribution in [3.63, 3.8) is 0 Å². The summed E-state index contributed by atoms with van der Waals surface area (Å²) in [5.41, 5.74) is 9.14. The van der Waals surface area contributed by atoms with E-state index >= 15 is 0 Å².